The van der Waals surface area contributed by atoms with Crippen LogP contribution >= 0.6 is 0 Å². The van der Waals surface area contributed by atoms with Crippen LogP contribution in [0.1, 0.15) is 38.2 Å². The Bertz CT molecular complexity index is 993. The van der Waals surface area contributed by atoms with Gasteiger partial charge in [-0.3, -0.25) is 0 Å². The van der Waals surface area contributed by atoms with E-state index in [2.05, 4.69) is 32.8 Å². The highest BCUT2D eigenvalue weighted by atomic mass is 16.5. The van der Waals surface area contributed by atoms with Crippen molar-refractivity contribution in [3.8, 4) is 5.75 Å². The maximum absolute atomic E-state index is 5.59. The summed E-state index contributed by atoms with van der Waals surface area (Å²) in [5, 5.41) is 11.8. The van der Waals surface area contributed by atoms with Crippen LogP contribution in [-0.2, 0) is 6.42 Å². The molecule has 7 heteroatoms. The number of benzene rings is 1. The van der Waals surface area contributed by atoms with Crippen molar-refractivity contribution in [1.29, 1.82) is 0 Å². The monoisotopic (exact) mass is 406 g/mol. The fraction of sp³-hybridized carbons (Fsp3) is 0.478. The molecule has 0 saturated carbocycles. The van der Waals surface area contributed by atoms with Crippen LogP contribution in [-0.4, -0.2) is 46.9 Å². The van der Waals surface area contributed by atoms with Crippen molar-refractivity contribution >= 4 is 23.0 Å². The van der Waals surface area contributed by atoms with E-state index in [0.717, 1.165) is 61.2 Å². The first kappa shape index (κ1) is 19.2. The molecule has 158 valence electrons. The van der Waals surface area contributed by atoms with E-state index in [1.165, 1.54) is 24.8 Å². The molecule has 2 aliphatic heterocycles. The number of hydrogen-bond donors (Lipinski definition) is 2. The number of nitrogens with one attached hydrogen (secondary N) is 2. The Balaban J connectivity index is 1.55. The van der Waals surface area contributed by atoms with Crippen LogP contribution in [0.25, 0.3) is 5.65 Å². The van der Waals surface area contributed by atoms with Gasteiger partial charge in [0.05, 0.1) is 12.8 Å². The molecule has 30 heavy (non-hydrogen) atoms. The predicted octanol–water partition coefficient (Wildman–Crippen LogP) is 3.77. The van der Waals surface area contributed by atoms with E-state index in [-0.39, 0.29) is 0 Å². The molecule has 2 aromatic heterocycles. The number of hydrogen-bond acceptors (Lipinski definition) is 6. The first-order valence-corrected chi connectivity index (χ1v) is 11.2. The first-order valence-electron chi connectivity index (χ1n) is 11.2. The Kier molecular flexibility index (Phi) is 5.45. The molecule has 5 rings (SSSR count). The normalized spacial score (nSPS) is 19.4. The fourth-order valence-electron chi connectivity index (χ4n) is 4.64. The molecular formula is C23H30N6O. The first-order chi connectivity index (χ1) is 14.8. The summed E-state index contributed by atoms with van der Waals surface area (Å²) in [6.07, 6.45) is 7.64. The second kappa shape index (κ2) is 8.52. The zero-order chi connectivity index (χ0) is 20.3. The Morgan fingerprint density at radius 3 is 2.87 bits per heavy atom. The summed E-state index contributed by atoms with van der Waals surface area (Å²) in [5.41, 5.74) is 3.18. The molecule has 0 radical (unpaired) electrons. The SMILES string of the molecule is CCOc1ccc(Nc2c3c(nc4ccnn24)N(C2CCCNC2)CCCC3)cc1. The van der Waals surface area contributed by atoms with E-state index < -0.39 is 0 Å². The maximum atomic E-state index is 5.59. The van der Waals surface area contributed by atoms with Gasteiger partial charge in [-0.1, -0.05) is 0 Å². The Morgan fingerprint density at radius 1 is 1.17 bits per heavy atom. The highest BCUT2D eigenvalue weighted by Gasteiger charge is 2.28. The summed E-state index contributed by atoms with van der Waals surface area (Å²) in [4.78, 5) is 7.62. The molecule has 1 aromatic carbocycles. The average Bonchev–Trinajstić information content (AvgIpc) is 3.15. The Morgan fingerprint density at radius 2 is 2.07 bits per heavy atom. The number of aromatic nitrogens is 3. The fourth-order valence-corrected chi connectivity index (χ4v) is 4.64. The van der Waals surface area contributed by atoms with E-state index in [0.29, 0.717) is 12.6 Å². The van der Waals surface area contributed by atoms with E-state index in [1.54, 1.807) is 0 Å². The van der Waals surface area contributed by atoms with Gasteiger partial charge < -0.3 is 20.3 Å². The summed E-state index contributed by atoms with van der Waals surface area (Å²) in [7, 11) is 0. The quantitative estimate of drug-likeness (QED) is 0.672. The lowest BCUT2D eigenvalue weighted by molar-refractivity contribution is 0.340. The summed E-state index contributed by atoms with van der Waals surface area (Å²) >= 11 is 0. The van der Waals surface area contributed by atoms with Crippen LogP contribution in [0.5, 0.6) is 5.75 Å². The molecule has 0 amide bonds. The van der Waals surface area contributed by atoms with Crippen molar-refractivity contribution in [3.63, 3.8) is 0 Å². The van der Waals surface area contributed by atoms with Crippen LogP contribution < -0.4 is 20.3 Å². The second-order valence-corrected chi connectivity index (χ2v) is 8.10. The molecule has 4 heterocycles. The van der Waals surface area contributed by atoms with Crippen LogP contribution in [0, 0.1) is 0 Å². The number of rotatable bonds is 5. The number of nitrogens with zero attached hydrogens (tertiary/aromatic N) is 4. The third-order valence-electron chi connectivity index (χ3n) is 6.10. The van der Waals surface area contributed by atoms with Gasteiger partial charge in [0.1, 0.15) is 17.4 Å². The smallest absolute Gasteiger partial charge is 0.159 e. The molecule has 0 spiro atoms. The standard InChI is InChI=1S/C23H30N6O/c1-2-30-19-10-8-17(9-11-19)26-23-20-7-3-4-15-28(18-6-5-13-24-16-18)22(20)27-21-12-14-25-29(21)23/h8-12,14,18,24,26H,2-7,13,15-16H2,1H3. The van der Waals surface area contributed by atoms with E-state index in [4.69, 9.17) is 9.72 Å². The predicted molar refractivity (Wildman–Crippen MR) is 120 cm³/mol. The van der Waals surface area contributed by atoms with Crippen molar-refractivity contribution in [3.05, 3.63) is 42.1 Å². The van der Waals surface area contributed by atoms with Gasteiger partial charge >= 0.3 is 0 Å². The minimum absolute atomic E-state index is 0.506. The molecule has 3 aromatic rings. The van der Waals surface area contributed by atoms with Crippen LogP contribution in [0.4, 0.5) is 17.3 Å². The van der Waals surface area contributed by atoms with Gasteiger partial charge in [-0.25, -0.2) is 4.98 Å². The molecule has 1 unspecified atom stereocenters. The van der Waals surface area contributed by atoms with E-state index in [9.17, 15) is 0 Å². The minimum Gasteiger partial charge on any atom is -0.494 e. The molecule has 1 saturated heterocycles. The number of piperidine rings is 1. The molecular weight excluding hydrogens is 376 g/mol. The summed E-state index contributed by atoms with van der Waals surface area (Å²) < 4.78 is 7.53. The van der Waals surface area contributed by atoms with Gasteiger partial charge in [-0.15, -0.1) is 0 Å². The lowest BCUT2D eigenvalue weighted by Crippen LogP contribution is -2.47. The van der Waals surface area contributed by atoms with Crippen molar-refractivity contribution in [2.24, 2.45) is 0 Å². The summed E-state index contributed by atoms with van der Waals surface area (Å²) in [6.45, 7) is 5.90. The maximum Gasteiger partial charge on any atom is 0.159 e. The van der Waals surface area contributed by atoms with Crippen molar-refractivity contribution in [1.82, 2.24) is 19.9 Å². The zero-order valence-corrected chi connectivity index (χ0v) is 17.6. The third kappa shape index (κ3) is 3.69. The third-order valence-corrected chi connectivity index (χ3v) is 6.10. The Hall–Kier alpha value is -2.80. The molecule has 0 aliphatic carbocycles. The van der Waals surface area contributed by atoms with Crippen molar-refractivity contribution < 1.29 is 4.74 Å². The number of ether oxygens (including phenoxy) is 1. The van der Waals surface area contributed by atoms with Crippen LogP contribution in [0.15, 0.2) is 36.5 Å². The highest BCUT2D eigenvalue weighted by Crippen LogP contribution is 2.35. The summed E-state index contributed by atoms with van der Waals surface area (Å²) in [5.74, 6) is 3.04. The van der Waals surface area contributed by atoms with Gasteiger partial charge in [0.25, 0.3) is 0 Å². The van der Waals surface area contributed by atoms with Gasteiger partial charge in [0.2, 0.25) is 0 Å². The Labute approximate surface area is 177 Å². The lowest BCUT2D eigenvalue weighted by Gasteiger charge is -2.36. The molecule has 0 bridgehead atoms. The van der Waals surface area contributed by atoms with Gasteiger partial charge in [-0.2, -0.15) is 9.61 Å². The minimum atomic E-state index is 0.506. The zero-order valence-electron chi connectivity index (χ0n) is 17.6. The molecule has 2 N–H and O–H groups in total. The number of anilines is 3. The molecule has 1 fully saturated rings. The lowest BCUT2D eigenvalue weighted by atomic mass is 10.1. The van der Waals surface area contributed by atoms with Crippen LogP contribution in [0.2, 0.25) is 0 Å². The second-order valence-electron chi connectivity index (χ2n) is 8.10. The van der Waals surface area contributed by atoms with Gasteiger partial charge in [0.15, 0.2) is 5.65 Å². The largest absolute Gasteiger partial charge is 0.494 e. The van der Waals surface area contributed by atoms with E-state index >= 15 is 0 Å². The summed E-state index contributed by atoms with van der Waals surface area (Å²) in [6, 6.07) is 10.6. The van der Waals surface area contributed by atoms with Gasteiger partial charge in [0, 0.05) is 36.4 Å². The molecule has 2 aliphatic rings. The van der Waals surface area contributed by atoms with E-state index in [1.807, 2.05) is 35.8 Å². The highest BCUT2D eigenvalue weighted by molar-refractivity contribution is 5.71. The van der Waals surface area contributed by atoms with Crippen molar-refractivity contribution in [2.75, 3.05) is 36.5 Å². The average molecular weight is 407 g/mol. The molecule has 7 nitrogen and oxygen atoms in total. The number of fused-ring (bicyclic) bond motifs is 2. The van der Waals surface area contributed by atoms with Crippen molar-refractivity contribution in [2.45, 2.75) is 45.1 Å². The van der Waals surface area contributed by atoms with Crippen LogP contribution in [0.3, 0.4) is 0 Å². The topological polar surface area (TPSA) is 66.7 Å². The molecule has 1 atom stereocenters. The van der Waals surface area contributed by atoms with Gasteiger partial charge in [-0.05, 0) is 69.8 Å².